The normalized spacial score (nSPS) is 20.6. The molecule has 1 aliphatic carbocycles. The van der Waals surface area contributed by atoms with Gasteiger partial charge in [0.15, 0.2) is 0 Å². The molecule has 0 aromatic carbocycles. The van der Waals surface area contributed by atoms with E-state index in [1.54, 1.807) is 22.5 Å². The van der Waals surface area contributed by atoms with E-state index in [1.165, 1.54) is 4.88 Å². The first-order valence-corrected chi connectivity index (χ1v) is 9.21. The number of rotatable bonds is 6. The third-order valence-electron chi connectivity index (χ3n) is 4.67. The third-order valence-corrected chi connectivity index (χ3v) is 5.53. The summed E-state index contributed by atoms with van der Waals surface area (Å²) in [5.41, 5.74) is 0. The molecule has 2 aromatic rings. The molecule has 6 heteroatoms. The maximum Gasteiger partial charge on any atom is 0.228 e. The molecule has 126 valence electrons. The van der Waals surface area contributed by atoms with Crippen molar-refractivity contribution >= 4 is 23.2 Å². The molecule has 4 rings (SSSR count). The topological polar surface area (TPSA) is 53.8 Å². The van der Waals surface area contributed by atoms with Gasteiger partial charge in [0.05, 0.1) is 25.3 Å². The fraction of sp³-hybridized carbons (Fsp3) is 0.444. The predicted octanol–water partition coefficient (Wildman–Crippen LogP) is 2.88. The van der Waals surface area contributed by atoms with Gasteiger partial charge in [-0.15, -0.1) is 11.3 Å². The average Bonchev–Trinajstić information content (AvgIpc) is 2.98. The molecule has 1 atom stereocenters. The number of thiophene rings is 1. The summed E-state index contributed by atoms with van der Waals surface area (Å²) in [6.45, 7) is 1.61. The van der Waals surface area contributed by atoms with E-state index in [1.807, 2.05) is 28.5 Å². The minimum absolute atomic E-state index is 0.0385. The monoisotopic (exact) mass is 344 g/mol. The lowest BCUT2D eigenvalue weighted by Gasteiger charge is -2.25. The van der Waals surface area contributed by atoms with Gasteiger partial charge in [0.2, 0.25) is 11.8 Å². The summed E-state index contributed by atoms with van der Waals surface area (Å²) in [5.74, 6) is 0.694. The molecule has 1 aliphatic heterocycles. The van der Waals surface area contributed by atoms with Crippen molar-refractivity contribution < 1.29 is 14.0 Å². The van der Waals surface area contributed by atoms with E-state index in [0.29, 0.717) is 32.1 Å². The van der Waals surface area contributed by atoms with Crippen LogP contribution >= 0.6 is 11.3 Å². The molecule has 5 nitrogen and oxygen atoms in total. The second kappa shape index (κ2) is 6.43. The zero-order chi connectivity index (χ0) is 16.5. The summed E-state index contributed by atoms with van der Waals surface area (Å²) < 4.78 is 5.32. The van der Waals surface area contributed by atoms with Gasteiger partial charge >= 0.3 is 0 Å². The van der Waals surface area contributed by atoms with Crippen LogP contribution in [0.15, 0.2) is 40.3 Å². The van der Waals surface area contributed by atoms with Crippen LogP contribution < -0.4 is 0 Å². The number of likely N-dealkylation sites (tertiary alicyclic amines) is 1. The smallest absolute Gasteiger partial charge is 0.228 e. The molecule has 0 unspecified atom stereocenters. The number of carbonyl (C=O) groups excluding carboxylic acids is 2. The van der Waals surface area contributed by atoms with Crippen LogP contribution in [0, 0.1) is 5.92 Å². The molecule has 1 saturated carbocycles. The Balaban J connectivity index is 1.42. The van der Waals surface area contributed by atoms with Gasteiger partial charge in [0, 0.05) is 23.9 Å². The first kappa shape index (κ1) is 15.4. The van der Waals surface area contributed by atoms with Gasteiger partial charge in [-0.25, -0.2) is 0 Å². The SMILES string of the molecule is O=C1C[C@H](C(=O)N(Cc2cccs2)C2CC2)CN1Cc1ccco1. The van der Waals surface area contributed by atoms with E-state index >= 15 is 0 Å². The van der Waals surface area contributed by atoms with Gasteiger partial charge < -0.3 is 14.2 Å². The highest BCUT2D eigenvalue weighted by Gasteiger charge is 2.41. The van der Waals surface area contributed by atoms with Gasteiger partial charge in [-0.1, -0.05) is 6.07 Å². The predicted molar refractivity (Wildman–Crippen MR) is 90.1 cm³/mol. The first-order valence-electron chi connectivity index (χ1n) is 8.34. The zero-order valence-electron chi connectivity index (χ0n) is 13.4. The standard InChI is InChI=1S/C18H20N2O3S/c21-17-9-13(10-19(17)11-15-3-1-7-23-15)18(22)20(14-5-6-14)12-16-4-2-8-24-16/h1-4,7-8,13-14H,5-6,9-12H2/t13-/m0/s1. The van der Waals surface area contributed by atoms with Crippen molar-refractivity contribution in [3.05, 3.63) is 46.5 Å². The maximum atomic E-state index is 13.0. The summed E-state index contributed by atoms with van der Waals surface area (Å²) in [6.07, 6.45) is 4.07. The van der Waals surface area contributed by atoms with Crippen molar-refractivity contribution in [2.75, 3.05) is 6.54 Å². The first-order chi connectivity index (χ1) is 11.7. The molecule has 2 aromatic heterocycles. The van der Waals surface area contributed by atoms with E-state index in [0.717, 1.165) is 18.6 Å². The Bertz CT molecular complexity index is 707. The van der Waals surface area contributed by atoms with Gasteiger partial charge in [0.1, 0.15) is 5.76 Å². The number of amides is 2. The van der Waals surface area contributed by atoms with Gasteiger partial charge in [-0.3, -0.25) is 9.59 Å². The Morgan fingerprint density at radius 3 is 2.88 bits per heavy atom. The van der Waals surface area contributed by atoms with Crippen LogP contribution in [0.25, 0.3) is 0 Å². The summed E-state index contributed by atoms with van der Waals surface area (Å²) >= 11 is 1.68. The molecule has 2 amide bonds. The Morgan fingerprint density at radius 1 is 1.33 bits per heavy atom. The molecule has 2 aliphatic rings. The Morgan fingerprint density at radius 2 is 2.21 bits per heavy atom. The number of hydrogen-bond acceptors (Lipinski definition) is 4. The van der Waals surface area contributed by atoms with Gasteiger partial charge in [-0.05, 0) is 36.4 Å². The number of carbonyl (C=O) groups is 2. The Kier molecular flexibility index (Phi) is 4.14. The zero-order valence-corrected chi connectivity index (χ0v) is 14.2. The molecular formula is C18H20N2O3S. The Labute approximate surface area is 144 Å². The van der Waals surface area contributed by atoms with E-state index in [-0.39, 0.29) is 17.7 Å². The van der Waals surface area contributed by atoms with Crippen molar-refractivity contribution in [2.45, 2.75) is 38.4 Å². The van der Waals surface area contributed by atoms with Crippen LogP contribution in [0.1, 0.15) is 29.9 Å². The fourth-order valence-corrected chi connectivity index (χ4v) is 3.96. The van der Waals surface area contributed by atoms with Crippen LogP contribution in [-0.4, -0.2) is 34.2 Å². The lowest BCUT2D eigenvalue weighted by molar-refractivity contribution is -0.137. The highest BCUT2D eigenvalue weighted by atomic mass is 32.1. The molecule has 0 bridgehead atoms. The largest absolute Gasteiger partial charge is 0.467 e. The minimum atomic E-state index is -0.229. The second-order valence-electron chi connectivity index (χ2n) is 6.53. The van der Waals surface area contributed by atoms with Crippen LogP contribution in [0.3, 0.4) is 0 Å². The van der Waals surface area contributed by atoms with Gasteiger partial charge in [0.25, 0.3) is 0 Å². The number of nitrogens with zero attached hydrogens (tertiary/aromatic N) is 2. The third kappa shape index (κ3) is 3.24. The summed E-state index contributed by atoms with van der Waals surface area (Å²) in [6, 6.07) is 8.11. The minimum Gasteiger partial charge on any atom is -0.467 e. The molecular weight excluding hydrogens is 324 g/mol. The highest BCUT2D eigenvalue weighted by Crippen LogP contribution is 2.32. The highest BCUT2D eigenvalue weighted by molar-refractivity contribution is 7.09. The van der Waals surface area contributed by atoms with E-state index in [2.05, 4.69) is 6.07 Å². The summed E-state index contributed by atoms with van der Waals surface area (Å²) in [4.78, 5) is 30.2. The van der Waals surface area contributed by atoms with Crippen molar-refractivity contribution in [3.8, 4) is 0 Å². The molecule has 2 fully saturated rings. The second-order valence-corrected chi connectivity index (χ2v) is 7.56. The number of hydrogen-bond donors (Lipinski definition) is 0. The van der Waals surface area contributed by atoms with Gasteiger partial charge in [-0.2, -0.15) is 0 Å². The molecule has 24 heavy (non-hydrogen) atoms. The summed E-state index contributed by atoms with van der Waals surface area (Å²) in [5, 5.41) is 2.04. The van der Waals surface area contributed by atoms with Crippen LogP contribution in [0.5, 0.6) is 0 Å². The molecule has 1 saturated heterocycles. The van der Waals surface area contributed by atoms with Crippen LogP contribution in [0.4, 0.5) is 0 Å². The van der Waals surface area contributed by atoms with E-state index < -0.39 is 0 Å². The van der Waals surface area contributed by atoms with Crippen LogP contribution in [0.2, 0.25) is 0 Å². The van der Waals surface area contributed by atoms with E-state index in [4.69, 9.17) is 4.42 Å². The van der Waals surface area contributed by atoms with Crippen LogP contribution in [-0.2, 0) is 22.7 Å². The Hall–Kier alpha value is -2.08. The lowest BCUT2D eigenvalue weighted by atomic mass is 10.1. The van der Waals surface area contributed by atoms with Crippen molar-refractivity contribution in [1.82, 2.24) is 9.80 Å². The summed E-state index contributed by atoms with van der Waals surface area (Å²) in [7, 11) is 0. The molecule has 0 N–H and O–H groups in total. The quantitative estimate of drug-likeness (QED) is 0.810. The average molecular weight is 344 g/mol. The number of furan rings is 1. The molecule has 3 heterocycles. The van der Waals surface area contributed by atoms with Crippen molar-refractivity contribution in [3.63, 3.8) is 0 Å². The molecule has 0 radical (unpaired) electrons. The fourth-order valence-electron chi connectivity index (χ4n) is 3.26. The van der Waals surface area contributed by atoms with E-state index in [9.17, 15) is 9.59 Å². The molecule has 0 spiro atoms. The van der Waals surface area contributed by atoms with Crippen molar-refractivity contribution in [2.24, 2.45) is 5.92 Å². The maximum absolute atomic E-state index is 13.0. The lowest BCUT2D eigenvalue weighted by Crippen LogP contribution is -2.38. The van der Waals surface area contributed by atoms with Crippen molar-refractivity contribution in [1.29, 1.82) is 0 Å².